The van der Waals surface area contributed by atoms with Gasteiger partial charge in [0, 0.05) is 25.9 Å². The van der Waals surface area contributed by atoms with Crippen molar-refractivity contribution in [2.75, 3.05) is 47.0 Å². The topological polar surface area (TPSA) is 27.7 Å². The van der Waals surface area contributed by atoms with Gasteiger partial charge in [-0.2, -0.15) is 0 Å². The molecule has 0 aromatic carbocycles. The van der Waals surface area contributed by atoms with Crippen molar-refractivity contribution in [3.8, 4) is 0 Å². The smallest absolute Gasteiger partial charge is 0.374 e. The summed E-state index contributed by atoms with van der Waals surface area (Å²) in [5, 5.41) is 0. The highest BCUT2D eigenvalue weighted by molar-refractivity contribution is 6.60. The second-order valence-corrected chi connectivity index (χ2v) is 13.2. The summed E-state index contributed by atoms with van der Waals surface area (Å²) < 4.78 is 19.1. The first-order valence-electron chi connectivity index (χ1n) is 14.7. The van der Waals surface area contributed by atoms with Gasteiger partial charge < -0.3 is 17.8 Å². The van der Waals surface area contributed by atoms with Crippen molar-refractivity contribution in [1.29, 1.82) is 0 Å². The molecule has 0 aromatic heterocycles. The lowest BCUT2D eigenvalue weighted by Gasteiger charge is -2.30. The summed E-state index contributed by atoms with van der Waals surface area (Å²) in [5.41, 5.74) is 0. The van der Waals surface area contributed by atoms with E-state index in [1.807, 2.05) is 20.8 Å². The lowest BCUT2D eigenvalue weighted by molar-refractivity contribution is -0.890. The molecule has 33 heavy (non-hydrogen) atoms. The maximum atomic E-state index is 5.96. The van der Waals surface area contributed by atoms with Gasteiger partial charge in [0.2, 0.25) is 0 Å². The third-order valence-corrected chi connectivity index (χ3v) is 9.86. The zero-order valence-corrected chi connectivity index (χ0v) is 24.7. The lowest BCUT2D eigenvalue weighted by atomic mass is 10.1. The molecule has 0 bridgehead atoms. The Morgan fingerprint density at radius 3 is 1.15 bits per heavy atom. The Kier molecular flexibility index (Phi) is 22.6. The molecule has 0 unspecified atom stereocenters. The third kappa shape index (κ3) is 20.0. The van der Waals surface area contributed by atoms with Crippen molar-refractivity contribution in [3.05, 3.63) is 0 Å². The maximum absolute atomic E-state index is 5.96. The van der Waals surface area contributed by atoms with Gasteiger partial charge in [0.05, 0.1) is 27.2 Å². The van der Waals surface area contributed by atoms with Gasteiger partial charge in [-0.1, -0.05) is 77.6 Å². The molecule has 0 fully saturated rings. The van der Waals surface area contributed by atoms with Crippen LogP contribution in [0.25, 0.3) is 0 Å². The molecule has 200 valence electrons. The van der Waals surface area contributed by atoms with E-state index in [1.54, 1.807) is 0 Å². The second kappa shape index (κ2) is 22.5. The standard InChI is InChI=1S/C28H62NO3Si/c1-7-11-12-13-14-15-16-17-20-23-26-29(5,6)27-24-21-18-19-22-25-28-33(30-8-2,31-9-3)32-10-4/h7-28H2,1-6H3/q+1. The van der Waals surface area contributed by atoms with E-state index < -0.39 is 8.80 Å². The van der Waals surface area contributed by atoms with Crippen LogP contribution >= 0.6 is 0 Å². The average Bonchev–Trinajstić information content (AvgIpc) is 2.77. The second-order valence-electron chi connectivity index (χ2n) is 10.4. The van der Waals surface area contributed by atoms with Gasteiger partial charge in [-0.15, -0.1) is 0 Å². The Hall–Kier alpha value is 0.0569. The molecule has 0 radical (unpaired) electrons. The Balaban J connectivity index is 3.70. The van der Waals surface area contributed by atoms with Crippen LogP contribution in [0.3, 0.4) is 0 Å². The Labute approximate surface area is 210 Å². The number of quaternary nitrogens is 1. The molecular weight excluding hydrogens is 426 g/mol. The van der Waals surface area contributed by atoms with Crippen LogP contribution in [0.15, 0.2) is 0 Å². The average molecular weight is 489 g/mol. The van der Waals surface area contributed by atoms with E-state index in [0.29, 0.717) is 19.8 Å². The zero-order valence-electron chi connectivity index (χ0n) is 23.7. The lowest BCUT2D eigenvalue weighted by Crippen LogP contribution is -2.45. The van der Waals surface area contributed by atoms with Gasteiger partial charge in [-0.25, -0.2) is 0 Å². The van der Waals surface area contributed by atoms with E-state index in [9.17, 15) is 0 Å². The normalized spacial score (nSPS) is 12.5. The summed E-state index contributed by atoms with van der Waals surface area (Å²) in [6, 6.07) is 0.964. The van der Waals surface area contributed by atoms with Gasteiger partial charge in [-0.05, 0) is 52.9 Å². The number of nitrogens with zero attached hydrogens (tertiary/aromatic N) is 1. The molecular formula is C28H62NO3Si+. The van der Waals surface area contributed by atoms with Crippen molar-refractivity contribution < 1.29 is 17.8 Å². The van der Waals surface area contributed by atoms with E-state index in [2.05, 4.69) is 21.0 Å². The van der Waals surface area contributed by atoms with E-state index >= 15 is 0 Å². The Morgan fingerprint density at radius 1 is 0.455 bits per heavy atom. The first-order valence-corrected chi connectivity index (χ1v) is 16.6. The minimum atomic E-state index is -2.43. The molecule has 0 aliphatic carbocycles. The van der Waals surface area contributed by atoms with E-state index in [-0.39, 0.29) is 0 Å². The Bertz CT molecular complexity index is 390. The number of rotatable bonds is 26. The van der Waals surface area contributed by atoms with E-state index in [1.165, 1.54) is 114 Å². The molecule has 0 aliphatic rings. The number of unbranched alkanes of at least 4 members (excludes halogenated alkanes) is 14. The largest absolute Gasteiger partial charge is 0.500 e. The number of hydrogen-bond acceptors (Lipinski definition) is 3. The summed E-state index contributed by atoms with van der Waals surface area (Å²) in [6.45, 7) is 13.1. The fourth-order valence-corrected chi connectivity index (χ4v) is 7.41. The summed E-state index contributed by atoms with van der Waals surface area (Å²) in [6.07, 6.45) is 22.1. The van der Waals surface area contributed by atoms with Gasteiger partial charge in [0.25, 0.3) is 0 Å². The quantitative estimate of drug-likeness (QED) is 0.0695. The summed E-state index contributed by atoms with van der Waals surface area (Å²) in [5.74, 6) is 0. The van der Waals surface area contributed by atoms with Crippen LogP contribution < -0.4 is 0 Å². The highest BCUT2D eigenvalue weighted by atomic mass is 28.4. The van der Waals surface area contributed by atoms with Gasteiger partial charge in [0.1, 0.15) is 0 Å². The molecule has 0 saturated heterocycles. The summed E-state index contributed by atoms with van der Waals surface area (Å²) in [4.78, 5) is 0. The molecule has 0 N–H and O–H groups in total. The molecule has 4 nitrogen and oxygen atoms in total. The third-order valence-electron chi connectivity index (χ3n) is 6.71. The van der Waals surface area contributed by atoms with Gasteiger partial charge in [0.15, 0.2) is 0 Å². The highest BCUT2D eigenvalue weighted by Crippen LogP contribution is 2.21. The highest BCUT2D eigenvalue weighted by Gasteiger charge is 2.39. The first kappa shape index (κ1) is 33.1. The van der Waals surface area contributed by atoms with Crippen molar-refractivity contribution in [3.63, 3.8) is 0 Å². The van der Waals surface area contributed by atoms with Crippen molar-refractivity contribution in [1.82, 2.24) is 0 Å². The van der Waals surface area contributed by atoms with E-state index in [0.717, 1.165) is 12.5 Å². The van der Waals surface area contributed by atoms with Crippen LogP contribution in [0, 0.1) is 0 Å². The van der Waals surface area contributed by atoms with E-state index in [4.69, 9.17) is 13.3 Å². The van der Waals surface area contributed by atoms with Crippen LogP contribution in [-0.2, 0) is 13.3 Å². The zero-order chi connectivity index (χ0) is 24.7. The molecule has 0 rings (SSSR count). The molecule has 5 heteroatoms. The van der Waals surface area contributed by atoms with Crippen LogP contribution in [0.4, 0.5) is 0 Å². The fourth-order valence-electron chi connectivity index (χ4n) is 4.73. The predicted molar refractivity (Wildman–Crippen MR) is 147 cm³/mol. The van der Waals surface area contributed by atoms with Gasteiger partial charge >= 0.3 is 8.80 Å². The maximum Gasteiger partial charge on any atom is 0.500 e. The molecule has 0 amide bonds. The van der Waals surface area contributed by atoms with Crippen LogP contribution in [0.2, 0.25) is 6.04 Å². The van der Waals surface area contributed by atoms with Crippen molar-refractivity contribution in [2.24, 2.45) is 0 Å². The molecule has 0 aliphatic heterocycles. The molecule has 0 spiro atoms. The molecule has 0 atom stereocenters. The first-order chi connectivity index (χ1) is 15.9. The summed E-state index contributed by atoms with van der Waals surface area (Å²) >= 11 is 0. The molecule has 0 heterocycles. The SMILES string of the molecule is CCCCCCCCCCCC[N+](C)(C)CCCCCCCC[Si](OCC)(OCC)OCC. The predicted octanol–water partition coefficient (Wildman–Crippen LogP) is 8.37. The monoisotopic (exact) mass is 488 g/mol. The van der Waals surface area contributed by atoms with Crippen molar-refractivity contribution >= 4 is 8.80 Å². The van der Waals surface area contributed by atoms with Crippen LogP contribution in [0.5, 0.6) is 0 Å². The fraction of sp³-hybridized carbons (Fsp3) is 1.00. The molecule has 0 aromatic rings. The van der Waals surface area contributed by atoms with Crippen LogP contribution in [0.1, 0.15) is 130 Å². The Morgan fingerprint density at radius 2 is 0.788 bits per heavy atom. The van der Waals surface area contributed by atoms with Gasteiger partial charge in [-0.3, -0.25) is 0 Å². The van der Waals surface area contributed by atoms with Crippen LogP contribution in [-0.4, -0.2) is 60.3 Å². The molecule has 0 saturated carbocycles. The number of hydrogen-bond donors (Lipinski definition) is 0. The summed E-state index contributed by atoms with van der Waals surface area (Å²) in [7, 11) is 2.42. The van der Waals surface area contributed by atoms with Crippen molar-refractivity contribution in [2.45, 2.75) is 136 Å². The minimum Gasteiger partial charge on any atom is -0.374 e. The minimum absolute atomic E-state index is 0.680.